The number of hydrogen-bond donors (Lipinski definition) is 1. The quantitative estimate of drug-likeness (QED) is 0.674. The molecule has 5 nitrogen and oxygen atoms in total. The molecule has 0 aromatic carbocycles. The third-order valence-electron chi connectivity index (χ3n) is 2.19. The summed E-state index contributed by atoms with van der Waals surface area (Å²) in [4.78, 5) is 24.8. The first-order valence-corrected chi connectivity index (χ1v) is 6.72. The van der Waals surface area contributed by atoms with Crippen molar-refractivity contribution < 1.29 is 4.79 Å². The van der Waals surface area contributed by atoms with Gasteiger partial charge in [-0.05, 0) is 19.1 Å². The fourth-order valence-electron chi connectivity index (χ4n) is 1.25. The summed E-state index contributed by atoms with van der Waals surface area (Å²) in [6, 6.07) is 3.75. The molecule has 0 saturated carbocycles. The third-order valence-corrected chi connectivity index (χ3v) is 4.26. The SMILES string of the molecule is Cc1ccc(C(=O)CSc2n[nH]c(=O)n2C)s1. The molecule has 0 aliphatic carbocycles. The molecule has 2 heterocycles. The van der Waals surface area contributed by atoms with Crippen LogP contribution in [0.5, 0.6) is 0 Å². The Balaban J connectivity index is 2.01. The molecule has 90 valence electrons. The Hall–Kier alpha value is -1.34. The van der Waals surface area contributed by atoms with Crippen molar-refractivity contribution in [2.75, 3.05) is 5.75 Å². The molecule has 7 heteroatoms. The Morgan fingerprint density at radius 3 is 2.88 bits per heavy atom. The van der Waals surface area contributed by atoms with Crippen molar-refractivity contribution in [1.82, 2.24) is 14.8 Å². The van der Waals surface area contributed by atoms with Crippen LogP contribution >= 0.6 is 23.1 Å². The standard InChI is InChI=1S/C10H11N3O2S2/c1-6-3-4-8(17-6)7(14)5-16-10-12-11-9(15)13(10)2/h3-4H,5H2,1-2H3,(H,11,15). The number of carbonyl (C=O) groups is 1. The lowest BCUT2D eigenvalue weighted by molar-refractivity contribution is 0.102. The average Bonchev–Trinajstić information content (AvgIpc) is 2.86. The molecule has 17 heavy (non-hydrogen) atoms. The fourth-order valence-corrected chi connectivity index (χ4v) is 2.95. The van der Waals surface area contributed by atoms with Crippen LogP contribution in [0.15, 0.2) is 22.1 Å². The highest BCUT2D eigenvalue weighted by atomic mass is 32.2. The zero-order valence-electron chi connectivity index (χ0n) is 9.39. The number of carbonyl (C=O) groups excluding carboxylic acids is 1. The zero-order valence-corrected chi connectivity index (χ0v) is 11.0. The van der Waals surface area contributed by atoms with Gasteiger partial charge in [-0.15, -0.1) is 16.4 Å². The lowest BCUT2D eigenvalue weighted by Gasteiger charge is -1.97. The van der Waals surface area contributed by atoms with Crippen LogP contribution in [0.4, 0.5) is 0 Å². The summed E-state index contributed by atoms with van der Waals surface area (Å²) >= 11 is 2.74. The Bertz CT molecular complexity index is 597. The van der Waals surface area contributed by atoms with Crippen molar-refractivity contribution in [1.29, 1.82) is 0 Å². The summed E-state index contributed by atoms with van der Waals surface area (Å²) in [7, 11) is 1.62. The number of rotatable bonds is 4. The summed E-state index contributed by atoms with van der Waals surface area (Å²) in [6.07, 6.45) is 0. The lowest BCUT2D eigenvalue weighted by Crippen LogP contribution is -2.13. The molecule has 0 aliphatic rings. The first-order valence-electron chi connectivity index (χ1n) is 4.92. The molecule has 0 unspecified atom stereocenters. The van der Waals surface area contributed by atoms with Crippen molar-refractivity contribution in [2.24, 2.45) is 7.05 Å². The monoisotopic (exact) mass is 269 g/mol. The van der Waals surface area contributed by atoms with Crippen LogP contribution in [-0.4, -0.2) is 26.3 Å². The van der Waals surface area contributed by atoms with Crippen molar-refractivity contribution in [2.45, 2.75) is 12.1 Å². The number of nitrogens with one attached hydrogen (secondary N) is 1. The Morgan fingerprint density at radius 2 is 2.35 bits per heavy atom. The molecule has 2 rings (SSSR count). The molecular weight excluding hydrogens is 258 g/mol. The molecule has 0 aliphatic heterocycles. The molecule has 0 radical (unpaired) electrons. The predicted molar refractivity (Wildman–Crippen MR) is 67.9 cm³/mol. The summed E-state index contributed by atoms with van der Waals surface area (Å²) in [5, 5.41) is 6.68. The normalized spacial score (nSPS) is 10.7. The number of thioether (sulfide) groups is 1. The zero-order chi connectivity index (χ0) is 12.4. The van der Waals surface area contributed by atoms with Gasteiger partial charge in [0.25, 0.3) is 0 Å². The van der Waals surface area contributed by atoms with Crippen LogP contribution in [0, 0.1) is 6.92 Å². The summed E-state index contributed by atoms with van der Waals surface area (Å²) in [6.45, 7) is 1.96. The number of thiophene rings is 1. The van der Waals surface area contributed by atoms with Gasteiger partial charge in [0.05, 0.1) is 10.6 Å². The van der Waals surface area contributed by atoms with Crippen molar-refractivity contribution in [3.8, 4) is 0 Å². The molecular formula is C10H11N3O2S2. The van der Waals surface area contributed by atoms with E-state index in [2.05, 4.69) is 10.2 Å². The topological polar surface area (TPSA) is 67.8 Å². The van der Waals surface area contributed by atoms with Crippen LogP contribution < -0.4 is 5.69 Å². The Morgan fingerprint density at radius 1 is 1.59 bits per heavy atom. The van der Waals surface area contributed by atoms with E-state index in [0.29, 0.717) is 5.16 Å². The highest BCUT2D eigenvalue weighted by Gasteiger charge is 2.11. The van der Waals surface area contributed by atoms with Crippen LogP contribution in [-0.2, 0) is 7.05 Å². The van der Waals surface area contributed by atoms with Gasteiger partial charge < -0.3 is 0 Å². The fraction of sp³-hybridized carbons (Fsp3) is 0.300. The van der Waals surface area contributed by atoms with Crippen LogP contribution in [0.2, 0.25) is 0 Å². The number of aromatic amines is 1. The Labute approximate surface area is 106 Å². The van der Waals surface area contributed by atoms with E-state index in [1.165, 1.54) is 27.7 Å². The van der Waals surface area contributed by atoms with Gasteiger partial charge in [0.2, 0.25) is 0 Å². The van der Waals surface area contributed by atoms with Gasteiger partial charge in [0, 0.05) is 11.9 Å². The van der Waals surface area contributed by atoms with Gasteiger partial charge in [-0.2, -0.15) is 0 Å². The molecule has 0 atom stereocenters. The van der Waals surface area contributed by atoms with Crippen molar-refractivity contribution in [3.63, 3.8) is 0 Å². The van der Waals surface area contributed by atoms with Crippen molar-refractivity contribution >= 4 is 28.9 Å². The van der Waals surface area contributed by atoms with E-state index < -0.39 is 0 Å². The molecule has 2 aromatic rings. The van der Waals surface area contributed by atoms with E-state index >= 15 is 0 Å². The number of nitrogens with zero attached hydrogens (tertiary/aromatic N) is 2. The summed E-state index contributed by atoms with van der Waals surface area (Å²) in [5.41, 5.74) is -0.271. The van der Waals surface area contributed by atoms with Gasteiger partial charge in [-0.1, -0.05) is 11.8 Å². The molecule has 0 spiro atoms. The predicted octanol–water partition coefficient (Wildman–Crippen LogP) is 1.45. The molecule has 2 aromatic heterocycles. The Kier molecular flexibility index (Phi) is 3.49. The van der Waals surface area contributed by atoms with E-state index in [4.69, 9.17) is 0 Å². The number of aryl methyl sites for hydroxylation is 1. The van der Waals surface area contributed by atoms with Crippen LogP contribution in [0.25, 0.3) is 0 Å². The number of ketones is 1. The van der Waals surface area contributed by atoms with Gasteiger partial charge in [-0.25, -0.2) is 9.89 Å². The minimum atomic E-state index is -0.271. The number of aromatic nitrogens is 3. The molecule has 0 bridgehead atoms. The minimum Gasteiger partial charge on any atom is -0.292 e. The third kappa shape index (κ3) is 2.67. The first kappa shape index (κ1) is 12.1. The number of Topliss-reactive ketones (excluding diaryl/α,β-unsaturated/α-hetero) is 1. The second-order valence-electron chi connectivity index (χ2n) is 3.49. The number of H-pyrrole nitrogens is 1. The smallest absolute Gasteiger partial charge is 0.292 e. The van der Waals surface area contributed by atoms with Gasteiger partial charge in [0.1, 0.15) is 0 Å². The van der Waals surface area contributed by atoms with E-state index in [9.17, 15) is 9.59 Å². The highest BCUT2D eigenvalue weighted by Crippen LogP contribution is 2.19. The first-order chi connectivity index (χ1) is 8.08. The number of hydrogen-bond acceptors (Lipinski definition) is 5. The summed E-state index contributed by atoms with van der Waals surface area (Å²) in [5.74, 6) is 0.349. The second kappa shape index (κ2) is 4.89. The van der Waals surface area contributed by atoms with E-state index in [0.717, 1.165) is 9.75 Å². The van der Waals surface area contributed by atoms with Gasteiger partial charge >= 0.3 is 5.69 Å². The van der Waals surface area contributed by atoms with E-state index in [1.807, 2.05) is 19.1 Å². The molecule has 1 N–H and O–H groups in total. The minimum absolute atomic E-state index is 0.0588. The highest BCUT2D eigenvalue weighted by molar-refractivity contribution is 7.99. The maximum Gasteiger partial charge on any atom is 0.343 e. The van der Waals surface area contributed by atoms with Crippen LogP contribution in [0.1, 0.15) is 14.5 Å². The van der Waals surface area contributed by atoms with Gasteiger partial charge in [0.15, 0.2) is 10.9 Å². The van der Waals surface area contributed by atoms with E-state index in [-0.39, 0.29) is 17.2 Å². The van der Waals surface area contributed by atoms with Crippen LogP contribution in [0.3, 0.4) is 0 Å². The largest absolute Gasteiger partial charge is 0.343 e. The molecule has 0 fully saturated rings. The molecule has 0 saturated heterocycles. The maximum atomic E-state index is 11.8. The average molecular weight is 269 g/mol. The van der Waals surface area contributed by atoms with Gasteiger partial charge in [-0.3, -0.25) is 9.36 Å². The van der Waals surface area contributed by atoms with E-state index in [1.54, 1.807) is 7.05 Å². The second-order valence-corrected chi connectivity index (χ2v) is 5.72. The maximum absolute atomic E-state index is 11.8. The lowest BCUT2D eigenvalue weighted by atomic mass is 10.3. The van der Waals surface area contributed by atoms with Crippen molar-refractivity contribution in [3.05, 3.63) is 32.4 Å². The molecule has 0 amide bonds. The summed E-state index contributed by atoms with van der Waals surface area (Å²) < 4.78 is 1.39.